The number of carbonyl (C=O) groups is 4. The van der Waals surface area contributed by atoms with Crippen LogP contribution >= 0.6 is 23.1 Å². The van der Waals surface area contributed by atoms with E-state index in [1.165, 1.54) is 0 Å². The van der Waals surface area contributed by atoms with Crippen LogP contribution in [0.1, 0.15) is 111 Å². The summed E-state index contributed by atoms with van der Waals surface area (Å²) in [6, 6.07) is 10.9. The highest BCUT2D eigenvalue weighted by molar-refractivity contribution is 8.00. The van der Waals surface area contributed by atoms with E-state index in [0.717, 1.165) is 59.6 Å². The van der Waals surface area contributed by atoms with Crippen LogP contribution in [0.3, 0.4) is 0 Å². The summed E-state index contributed by atoms with van der Waals surface area (Å²) in [5.74, 6) is 0.448. The van der Waals surface area contributed by atoms with Crippen molar-refractivity contribution in [1.82, 2.24) is 16.1 Å². The highest BCUT2D eigenvalue weighted by atomic mass is 32.2. The number of hydrogen-bond donors (Lipinski definition) is 4. The van der Waals surface area contributed by atoms with Gasteiger partial charge in [0, 0.05) is 41.4 Å². The summed E-state index contributed by atoms with van der Waals surface area (Å²) in [6.45, 7) is 11.7. The number of alkyl carbamates (subject to hydrolysis) is 2. The fourth-order valence-electron chi connectivity index (χ4n) is 5.92. The molecule has 2 fully saturated rings. The number of ether oxygens (including phenoxy) is 3. The van der Waals surface area contributed by atoms with Gasteiger partial charge in [-0.3, -0.25) is 9.59 Å². The van der Waals surface area contributed by atoms with E-state index in [4.69, 9.17) is 19.0 Å². The minimum absolute atomic E-state index is 0.155. The van der Waals surface area contributed by atoms with Crippen molar-refractivity contribution in [2.24, 2.45) is 0 Å². The van der Waals surface area contributed by atoms with E-state index in [-0.39, 0.29) is 16.6 Å². The maximum atomic E-state index is 13.6. The molecule has 4 rings (SSSR count). The number of hydrogen-bond acceptors (Lipinski definition) is 10. The van der Waals surface area contributed by atoms with Gasteiger partial charge in [0.05, 0.1) is 4.75 Å². The molecule has 1 unspecified atom stereocenters. The molecule has 1 aromatic carbocycles. The smallest absolute Gasteiger partial charge is 0.408 e. The number of rotatable bonds is 14. The zero-order valence-corrected chi connectivity index (χ0v) is 33.0. The molecule has 0 saturated carbocycles. The van der Waals surface area contributed by atoms with Crippen LogP contribution < -0.4 is 21.4 Å². The maximum absolute atomic E-state index is 13.6. The second-order valence-electron chi connectivity index (χ2n) is 15.3. The number of hydroxylamine groups is 1. The number of thioether (sulfide) groups is 1. The molecular formula is C38H56N4O8S2. The Kier molecular flexibility index (Phi) is 15.2. The summed E-state index contributed by atoms with van der Waals surface area (Å²) in [4.78, 5) is 59.1. The molecule has 3 atom stereocenters. The van der Waals surface area contributed by atoms with Gasteiger partial charge in [0.15, 0.2) is 6.29 Å². The van der Waals surface area contributed by atoms with Gasteiger partial charge >= 0.3 is 12.2 Å². The first-order chi connectivity index (χ1) is 24.6. The Labute approximate surface area is 316 Å². The number of amides is 4. The van der Waals surface area contributed by atoms with Crippen LogP contribution in [0.2, 0.25) is 0 Å². The zero-order chi connectivity index (χ0) is 37.8. The first kappa shape index (κ1) is 41.4. The largest absolute Gasteiger partial charge is 0.444 e. The van der Waals surface area contributed by atoms with Gasteiger partial charge in [0.1, 0.15) is 17.2 Å². The first-order valence-corrected chi connectivity index (χ1v) is 20.1. The van der Waals surface area contributed by atoms with E-state index in [2.05, 4.69) is 33.6 Å². The molecule has 12 nitrogen and oxygen atoms in total. The summed E-state index contributed by atoms with van der Waals surface area (Å²) >= 11 is 3.49. The average molecular weight is 761 g/mol. The fraction of sp³-hybridized carbons (Fsp3) is 0.632. The molecule has 0 spiro atoms. The Bertz CT molecular complexity index is 1490. The van der Waals surface area contributed by atoms with Crippen molar-refractivity contribution in [3.8, 4) is 10.4 Å². The van der Waals surface area contributed by atoms with Gasteiger partial charge in [-0.1, -0.05) is 18.6 Å². The molecule has 2 aliphatic heterocycles. The van der Waals surface area contributed by atoms with E-state index < -0.39 is 35.7 Å². The number of benzene rings is 1. The van der Waals surface area contributed by atoms with Crippen LogP contribution in [0.15, 0.2) is 36.4 Å². The maximum Gasteiger partial charge on any atom is 0.408 e. The quantitative estimate of drug-likeness (QED) is 0.111. The van der Waals surface area contributed by atoms with Crippen LogP contribution in [-0.2, 0) is 33.4 Å². The molecule has 2 saturated heterocycles. The Morgan fingerprint density at radius 2 is 1.71 bits per heavy atom. The molecule has 0 bridgehead atoms. The molecule has 0 radical (unpaired) electrons. The van der Waals surface area contributed by atoms with Gasteiger partial charge < -0.3 is 30.2 Å². The molecule has 2 aromatic rings. The van der Waals surface area contributed by atoms with Crippen molar-refractivity contribution in [2.75, 3.05) is 24.2 Å². The molecular weight excluding hydrogens is 705 g/mol. The molecule has 0 aliphatic carbocycles. The van der Waals surface area contributed by atoms with Gasteiger partial charge in [0.25, 0.3) is 0 Å². The summed E-state index contributed by atoms with van der Waals surface area (Å²) < 4.78 is 16.0. The summed E-state index contributed by atoms with van der Waals surface area (Å²) in [5.41, 5.74) is 2.84. The van der Waals surface area contributed by atoms with Crippen molar-refractivity contribution in [3.63, 3.8) is 0 Å². The molecule has 4 amide bonds. The van der Waals surface area contributed by atoms with Crippen molar-refractivity contribution in [2.45, 2.75) is 134 Å². The fourth-order valence-corrected chi connectivity index (χ4v) is 8.81. The lowest BCUT2D eigenvalue weighted by Gasteiger charge is -2.35. The van der Waals surface area contributed by atoms with Crippen LogP contribution in [0, 0.1) is 0 Å². The second-order valence-corrected chi connectivity index (χ2v) is 17.8. The minimum atomic E-state index is -0.864. The highest BCUT2D eigenvalue weighted by Crippen LogP contribution is 2.51. The number of anilines is 1. The lowest BCUT2D eigenvalue weighted by Crippen LogP contribution is -2.45. The molecule has 1 aromatic heterocycles. The predicted octanol–water partition coefficient (Wildman–Crippen LogP) is 8.02. The van der Waals surface area contributed by atoms with E-state index in [1.54, 1.807) is 52.9 Å². The van der Waals surface area contributed by atoms with Crippen LogP contribution in [0.5, 0.6) is 0 Å². The monoisotopic (exact) mass is 760 g/mol. The first-order valence-electron chi connectivity index (χ1n) is 18.3. The minimum Gasteiger partial charge on any atom is -0.444 e. The lowest BCUT2D eigenvalue weighted by atomic mass is 9.94. The van der Waals surface area contributed by atoms with Gasteiger partial charge in [-0.05, 0) is 122 Å². The second kappa shape index (κ2) is 19.1. The van der Waals surface area contributed by atoms with Crippen molar-refractivity contribution in [1.29, 1.82) is 0 Å². The third-order valence-corrected chi connectivity index (χ3v) is 11.4. The van der Waals surface area contributed by atoms with Crippen LogP contribution in [0.4, 0.5) is 15.3 Å². The van der Waals surface area contributed by atoms with Gasteiger partial charge in [-0.25, -0.2) is 19.9 Å². The van der Waals surface area contributed by atoms with Gasteiger partial charge in [-0.15, -0.1) is 23.1 Å². The van der Waals surface area contributed by atoms with Crippen molar-refractivity contribution < 1.29 is 38.2 Å². The Morgan fingerprint density at radius 3 is 2.40 bits per heavy atom. The average Bonchev–Trinajstić information content (AvgIpc) is 3.58. The third kappa shape index (κ3) is 13.9. The number of carbonyl (C=O) groups excluding carboxylic acids is 4. The molecule has 3 heterocycles. The Balaban J connectivity index is 1.40. The van der Waals surface area contributed by atoms with Crippen LogP contribution in [-0.4, -0.2) is 66.4 Å². The standard InChI is InChI=1S/C38H56N4O8S2/c1-36(2,3)48-34(45)39-21-10-7-16-28(41-35(46)49-37(4,5)6)33(44)40-27-15-13-14-26(24-27)29-18-19-30(52-29)38(20-9-12-23-51-38)25-31(43)42-50-32-17-8-11-22-47-32/h13-15,18-19,24,28,32H,7-12,16-17,20-23,25H2,1-6H3,(H,39,45)(H,40,44)(H,41,46)(H,42,43)/t28-,32?,38-/m0/s1. The summed E-state index contributed by atoms with van der Waals surface area (Å²) in [5, 5.41) is 8.42. The Hall–Kier alpha value is -3.33. The number of unbranched alkanes of at least 4 members (excludes halogenated alkanes) is 1. The van der Waals surface area contributed by atoms with Crippen molar-refractivity contribution >= 4 is 52.8 Å². The number of thiophene rings is 1. The summed E-state index contributed by atoms with van der Waals surface area (Å²) in [6.07, 6.45) is 6.04. The molecule has 52 heavy (non-hydrogen) atoms. The molecule has 4 N–H and O–H groups in total. The lowest BCUT2D eigenvalue weighted by molar-refractivity contribution is -0.200. The zero-order valence-electron chi connectivity index (χ0n) is 31.4. The van der Waals surface area contributed by atoms with E-state index in [1.807, 2.05) is 36.0 Å². The Morgan fingerprint density at radius 1 is 0.942 bits per heavy atom. The highest BCUT2D eigenvalue weighted by Gasteiger charge is 2.39. The SMILES string of the molecule is CC(C)(C)OC(=O)NCCCC[C@H](NC(=O)OC(C)(C)C)C(=O)Nc1cccc(-c2ccc([C@@]3(CC(=O)NOC4CCCCO4)CCCCS3)s2)c1. The van der Waals surface area contributed by atoms with Gasteiger partial charge in [0.2, 0.25) is 11.8 Å². The third-order valence-electron chi connectivity index (χ3n) is 8.31. The topological polar surface area (TPSA) is 153 Å². The normalized spacial score (nSPS) is 19.9. The molecule has 288 valence electrons. The summed E-state index contributed by atoms with van der Waals surface area (Å²) in [7, 11) is 0. The van der Waals surface area contributed by atoms with Gasteiger partial charge in [-0.2, -0.15) is 0 Å². The van der Waals surface area contributed by atoms with Crippen molar-refractivity contribution in [3.05, 3.63) is 41.3 Å². The van der Waals surface area contributed by atoms with E-state index in [9.17, 15) is 19.2 Å². The molecule has 14 heteroatoms. The number of nitrogens with one attached hydrogen (secondary N) is 4. The van der Waals surface area contributed by atoms with Crippen LogP contribution in [0.25, 0.3) is 10.4 Å². The predicted molar refractivity (Wildman–Crippen MR) is 205 cm³/mol. The molecule has 2 aliphatic rings. The van der Waals surface area contributed by atoms with E-state index in [0.29, 0.717) is 44.5 Å². The van der Waals surface area contributed by atoms with E-state index >= 15 is 0 Å².